The lowest BCUT2D eigenvalue weighted by Gasteiger charge is -2.09. The number of rotatable bonds is 4. The maximum Gasteiger partial charge on any atom is 0.138 e. The largest absolute Gasteiger partial charge is 0.492 e. The molecule has 0 unspecified atom stereocenters. The molecule has 15 heavy (non-hydrogen) atoms. The van der Waals surface area contributed by atoms with Crippen molar-refractivity contribution in [1.82, 2.24) is 0 Å². The first-order valence-corrected chi connectivity index (χ1v) is 5.76. The molecular formula is C12H14BrNO. The Kier molecular flexibility index (Phi) is 4.64. The number of halogens is 1. The van der Waals surface area contributed by atoms with Gasteiger partial charge < -0.3 is 4.74 Å². The molecule has 0 saturated heterocycles. The number of nitrogens with zero attached hydrogens (tertiary/aromatic N) is 1. The zero-order chi connectivity index (χ0) is 11.3. The van der Waals surface area contributed by atoms with Crippen molar-refractivity contribution in [1.29, 1.82) is 5.26 Å². The van der Waals surface area contributed by atoms with Gasteiger partial charge in [0.2, 0.25) is 0 Å². The van der Waals surface area contributed by atoms with E-state index < -0.39 is 0 Å². The van der Waals surface area contributed by atoms with Crippen LogP contribution >= 0.6 is 15.9 Å². The summed E-state index contributed by atoms with van der Waals surface area (Å²) in [5.74, 6) is 1.27. The van der Waals surface area contributed by atoms with Gasteiger partial charge in [0.15, 0.2) is 0 Å². The van der Waals surface area contributed by atoms with Crippen LogP contribution in [0.15, 0.2) is 22.7 Å². The first-order valence-electron chi connectivity index (χ1n) is 4.96. The maximum atomic E-state index is 8.95. The van der Waals surface area contributed by atoms with Gasteiger partial charge in [-0.15, -0.1) is 0 Å². The lowest BCUT2D eigenvalue weighted by Crippen LogP contribution is -2.02. The van der Waals surface area contributed by atoms with Gasteiger partial charge in [0.05, 0.1) is 6.61 Å². The maximum absolute atomic E-state index is 8.95. The quantitative estimate of drug-likeness (QED) is 0.833. The van der Waals surface area contributed by atoms with E-state index in [2.05, 4.69) is 35.8 Å². The summed E-state index contributed by atoms with van der Waals surface area (Å²) in [6.45, 7) is 4.95. The predicted molar refractivity (Wildman–Crippen MR) is 63.8 cm³/mol. The fourth-order valence-corrected chi connectivity index (χ4v) is 1.57. The fourth-order valence-electron chi connectivity index (χ4n) is 1.14. The smallest absolute Gasteiger partial charge is 0.138 e. The van der Waals surface area contributed by atoms with E-state index in [1.807, 2.05) is 18.2 Å². The Balaban J connectivity index is 2.69. The van der Waals surface area contributed by atoms with Crippen LogP contribution in [0, 0.1) is 17.2 Å². The van der Waals surface area contributed by atoms with Crippen LogP contribution in [-0.2, 0) is 0 Å². The highest BCUT2D eigenvalue weighted by Gasteiger charge is 2.06. The van der Waals surface area contributed by atoms with Gasteiger partial charge in [-0.05, 0) is 40.4 Å². The summed E-state index contributed by atoms with van der Waals surface area (Å²) in [7, 11) is 0. The van der Waals surface area contributed by atoms with E-state index in [0.29, 0.717) is 23.8 Å². The molecule has 0 bridgehead atoms. The zero-order valence-electron chi connectivity index (χ0n) is 8.96. The fraction of sp³-hybridized carbons (Fsp3) is 0.417. The van der Waals surface area contributed by atoms with Crippen molar-refractivity contribution in [3.8, 4) is 11.8 Å². The highest BCUT2D eigenvalue weighted by Crippen LogP contribution is 2.25. The van der Waals surface area contributed by atoms with E-state index in [4.69, 9.17) is 10.00 Å². The second kappa shape index (κ2) is 5.77. The van der Waals surface area contributed by atoms with Crippen LogP contribution in [0.3, 0.4) is 0 Å². The van der Waals surface area contributed by atoms with Crippen molar-refractivity contribution >= 4 is 15.9 Å². The van der Waals surface area contributed by atoms with E-state index >= 15 is 0 Å². The van der Waals surface area contributed by atoms with Crippen molar-refractivity contribution in [2.45, 2.75) is 20.3 Å². The summed E-state index contributed by atoms with van der Waals surface area (Å²) in [4.78, 5) is 0. The molecule has 0 heterocycles. The second-order valence-electron chi connectivity index (χ2n) is 3.76. The Labute approximate surface area is 99.0 Å². The van der Waals surface area contributed by atoms with Crippen LogP contribution in [0.4, 0.5) is 0 Å². The van der Waals surface area contributed by atoms with Gasteiger partial charge in [-0.1, -0.05) is 19.9 Å². The molecule has 1 aromatic carbocycles. The summed E-state index contributed by atoms with van der Waals surface area (Å²) in [5.41, 5.74) is 0.571. The molecule has 0 aliphatic heterocycles. The van der Waals surface area contributed by atoms with E-state index in [1.54, 1.807) is 0 Å². The van der Waals surface area contributed by atoms with Crippen LogP contribution in [0.1, 0.15) is 25.8 Å². The summed E-state index contributed by atoms with van der Waals surface area (Å²) in [6.07, 6.45) is 0.997. The number of hydrogen-bond donors (Lipinski definition) is 0. The first kappa shape index (κ1) is 12.1. The van der Waals surface area contributed by atoms with Crippen LogP contribution in [0.2, 0.25) is 0 Å². The summed E-state index contributed by atoms with van der Waals surface area (Å²) in [6, 6.07) is 7.66. The number of benzene rings is 1. The molecule has 0 amide bonds. The minimum atomic E-state index is 0.571. The zero-order valence-corrected chi connectivity index (χ0v) is 10.5. The summed E-state index contributed by atoms with van der Waals surface area (Å²) < 4.78 is 6.35. The second-order valence-corrected chi connectivity index (χ2v) is 4.61. The number of ether oxygens (including phenoxy) is 1. The molecule has 0 atom stereocenters. The molecule has 0 aliphatic carbocycles. The Morgan fingerprint density at radius 1 is 1.47 bits per heavy atom. The molecule has 0 aromatic heterocycles. The van der Waals surface area contributed by atoms with Gasteiger partial charge in [-0.25, -0.2) is 0 Å². The third-order valence-electron chi connectivity index (χ3n) is 2.04. The average molecular weight is 268 g/mol. The van der Waals surface area contributed by atoms with Crippen LogP contribution < -0.4 is 4.74 Å². The highest BCUT2D eigenvalue weighted by molar-refractivity contribution is 9.10. The molecule has 0 fully saturated rings. The molecule has 3 heteroatoms. The Morgan fingerprint density at radius 2 is 2.20 bits per heavy atom. The Bertz CT molecular complexity index is 368. The normalized spacial score (nSPS) is 10.1. The Hall–Kier alpha value is -1.01. The SMILES string of the molecule is CC(C)CCOc1cccc(Br)c1C#N. The van der Waals surface area contributed by atoms with Gasteiger partial charge in [-0.2, -0.15) is 5.26 Å². The number of nitriles is 1. The Morgan fingerprint density at radius 3 is 2.80 bits per heavy atom. The summed E-state index contributed by atoms with van der Waals surface area (Å²) in [5, 5.41) is 8.95. The van der Waals surface area contributed by atoms with Crippen LogP contribution in [0.25, 0.3) is 0 Å². The van der Waals surface area contributed by atoms with Crippen LogP contribution in [-0.4, -0.2) is 6.61 Å². The van der Waals surface area contributed by atoms with E-state index in [9.17, 15) is 0 Å². The summed E-state index contributed by atoms with van der Waals surface area (Å²) >= 11 is 3.33. The minimum absolute atomic E-state index is 0.571. The van der Waals surface area contributed by atoms with Gasteiger partial charge in [-0.3, -0.25) is 0 Å². The van der Waals surface area contributed by atoms with Crippen molar-refractivity contribution in [2.24, 2.45) is 5.92 Å². The molecule has 0 N–H and O–H groups in total. The molecular weight excluding hydrogens is 254 g/mol. The van der Waals surface area contributed by atoms with Gasteiger partial charge in [0, 0.05) is 4.47 Å². The van der Waals surface area contributed by atoms with Crippen molar-refractivity contribution < 1.29 is 4.74 Å². The first-order chi connectivity index (χ1) is 7.15. The van der Waals surface area contributed by atoms with Crippen molar-refractivity contribution in [3.63, 3.8) is 0 Å². The van der Waals surface area contributed by atoms with Gasteiger partial charge in [0.25, 0.3) is 0 Å². The average Bonchev–Trinajstić information content (AvgIpc) is 2.17. The molecule has 0 aliphatic rings. The van der Waals surface area contributed by atoms with Crippen molar-refractivity contribution in [2.75, 3.05) is 6.61 Å². The molecule has 2 nitrogen and oxygen atoms in total. The predicted octanol–water partition coefficient (Wildman–Crippen LogP) is 3.75. The third kappa shape index (κ3) is 3.56. The van der Waals surface area contributed by atoms with E-state index in [1.165, 1.54) is 0 Å². The highest BCUT2D eigenvalue weighted by atomic mass is 79.9. The van der Waals surface area contributed by atoms with Crippen LogP contribution in [0.5, 0.6) is 5.75 Å². The minimum Gasteiger partial charge on any atom is -0.492 e. The topological polar surface area (TPSA) is 33.0 Å². The third-order valence-corrected chi connectivity index (χ3v) is 2.70. The standard InChI is InChI=1S/C12H14BrNO/c1-9(2)6-7-15-12-5-3-4-11(13)10(12)8-14/h3-5,9H,6-7H2,1-2H3. The van der Waals surface area contributed by atoms with Gasteiger partial charge >= 0.3 is 0 Å². The molecule has 1 aromatic rings. The lowest BCUT2D eigenvalue weighted by molar-refractivity contribution is 0.288. The van der Waals surface area contributed by atoms with E-state index in [-0.39, 0.29) is 0 Å². The lowest BCUT2D eigenvalue weighted by atomic mass is 10.1. The van der Waals surface area contributed by atoms with E-state index in [0.717, 1.165) is 10.9 Å². The van der Waals surface area contributed by atoms with Gasteiger partial charge in [0.1, 0.15) is 17.4 Å². The molecule has 0 spiro atoms. The molecule has 1 rings (SSSR count). The number of hydrogen-bond acceptors (Lipinski definition) is 2. The monoisotopic (exact) mass is 267 g/mol. The molecule has 80 valence electrons. The molecule has 0 radical (unpaired) electrons. The molecule has 0 saturated carbocycles. The van der Waals surface area contributed by atoms with Crippen molar-refractivity contribution in [3.05, 3.63) is 28.2 Å².